The Balaban J connectivity index is 3.04. The van der Waals surface area contributed by atoms with Crippen molar-refractivity contribution in [1.82, 2.24) is 0 Å². The van der Waals surface area contributed by atoms with Crippen LogP contribution in [0.4, 0.5) is 10.1 Å². The lowest BCUT2D eigenvalue weighted by Gasteiger charge is -2.09. The molecule has 0 aliphatic rings. The third-order valence-electron chi connectivity index (χ3n) is 2.04. The van der Waals surface area contributed by atoms with Crippen molar-refractivity contribution in [2.75, 3.05) is 5.73 Å². The van der Waals surface area contributed by atoms with Gasteiger partial charge in [0.2, 0.25) is 0 Å². The van der Waals surface area contributed by atoms with Crippen LogP contribution < -0.4 is 5.73 Å². The van der Waals surface area contributed by atoms with Crippen LogP contribution in [0.25, 0.3) is 0 Å². The molecule has 0 spiro atoms. The number of aliphatic hydroxyl groups is 1. The second kappa shape index (κ2) is 3.75. The molecule has 13 heavy (non-hydrogen) atoms. The van der Waals surface area contributed by atoms with Gasteiger partial charge in [0.25, 0.3) is 0 Å². The minimum atomic E-state index is -0.457. The summed E-state index contributed by atoms with van der Waals surface area (Å²) in [6, 6.07) is 3.28. The van der Waals surface area contributed by atoms with Gasteiger partial charge in [-0.25, -0.2) is 4.39 Å². The van der Waals surface area contributed by atoms with Gasteiger partial charge in [0.05, 0.1) is 11.8 Å². The maximum atomic E-state index is 13.2. The van der Waals surface area contributed by atoms with Crippen molar-refractivity contribution in [3.63, 3.8) is 0 Å². The molecular formula is C10H14FNO. The van der Waals surface area contributed by atoms with E-state index in [1.165, 1.54) is 6.07 Å². The van der Waals surface area contributed by atoms with Gasteiger partial charge >= 0.3 is 0 Å². The predicted octanol–water partition coefficient (Wildman–Crippen LogP) is 1.64. The zero-order valence-electron chi connectivity index (χ0n) is 7.84. The summed E-state index contributed by atoms with van der Waals surface area (Å²) in [5.74, 6) is -0.377. The highest BCUT2D eigenvalue weighted by atomic mass is 19.1. The first-order valence-electron chi connectivity index (χ1n) is 4.24. The molecule has 3 N–H and O–H groups in total. The molecule has 1 aromatic rings. The molecule has 0 heterocycles. The predicted molar refractivity (Wildman–Crippen MR) is 50.9 cm³/mol. The molecule has 1 rings (SSSR count). The minimum absolute atomic E-state index is 0.159. The fourth-order valence-corrected chi connectivity index (χ4v) is 1.29. The van der Waals surface area contributed by atoms with Crippen LogP contribution >= 0.6 is 0 Å². The van der Waals surface area contributed by atoms with Crippen LogP contribution in [0.1, 0.15) is 18.1 Å². The number of nitrogen functional groups attached to an aromatic ring is 1. The molecular weight excluding hydrogens is 169 g/mol. The van der Waals surface area contributed by atoms with Crippen molar-refractivity contribution < 1.29 is 9.50 Å². The zero-order chi connectivity index (χ0) is 10.0. The lowest BCUT2D eigenvalue weighted by molar-refractivity contribution is 0.195. The summed E-state index contributed by atoms with van der Waals surface area (Å²) >= 11 is 0. The number of aliphatic hydroxyl groups excluding tert-OH is 1. The van der Waals surface area contributed by atoms with Crippen LogP contribution in [0.2, 0.25) is 0 Å². The van der Waals surface area contributed by atoms with E-state index < -0.39 is 6.10 Å². The minimum Gasteiger partial charge on any atom is -0.396 e. The quantitative estimate of drug-likeness (QED) is 0.685. The molecule has 0 saturated heterocycles. The van der Waals surface area contributed by atoms with Gasteiger partial charge < -0.3 is 10.8 Å². The van der Waals surface area contributed by atoms with E-state index in [0.717, 1.165) is 5.56 Å². The summed E-state index contributed by atoms with van der Waals surface area (Å²) in [6.07, 6.45) is 0.00461. The van der Waals surface area contributed by atoms with Crippen LogP contribution in [0, 0.1) is 12.7 Å². The Morgan fingerprint density at radius 1 is 1.54 bits per heavy atom. The third kappa shape index (κ3) is 2.18. The molecule has 2 nitrogen and oxygen atoms in total. The molecule has 1 atom stereocenters. The highest BCUT2D eigenvalue weighted by Crippen LogP contribution is 2.19. The Hall–Kier alpha value is -1.09. The van der Waals surface area contributed by atoms with E-state index in [-0.39, 0.29) is 11.5 Å². The second-order valence-corrected chi connectivity index (χ2v) is 3.31. The van der Waals surface area contributed by atoms with Gasteiger partial charge in [0.1, 0.15) is 5.82 Å². The molecule has 1 aromatic carbocycles. The highest BCUT2D eigenvalue weighted by Gasteiger charge is 2.08. The van der Waals surface area contributed by atoms with Crippen LogP contribution in [-0.2, 0) is 6.42 Å². The standard InChI is InChI=1S/C10H14FNO/c1-6(13)5-8-3-4-9(12)10(11)7(8)2/h3-4,6,13H,5,12H2,1-2H3. The van der Waals surface area contributed by atoms with Crippen molar-refractivity contribution in [2.45, 2.75) is 26.4 Å². The highest BCUT2D eigenvalue weighted by molar-refractivity contribution is 5.46. The second-order valence-electron chi connectivity index (χ2n) is 3.31. The lowest BCUT2D eigenvalue weighted by atomic mass is 10.0. The maximum absolute atomic E-state index is 13.2. The fourth-order valence-electron chi connectivity index (χ4n) is 1.29. The summed E-state index contributed by atoms with van der Waals surface area (Å²) in [5, 5.41) is 9.14. The molecule has 0 aliphatic carbocycles. The molecule has 0 aliphatic heterocycles. The fraction of sp³-hybridized carbons (Fsp3) is 0.400. The van der Waals surface area contributed by atoms with Gasteiger partial charge in [-0.1, -0.05) is 6.07 Å². The number of anilines is 1. The number of hydrogen-bond donors (Lipinski definition) is 2. The van der Waals surface area contributed by atoms with Gasteiger partial charge in [0, 0.05) is 0 Å². The van der Waals surface area contributed by atoms with E-state index in [1.54, 1.807) is 19.9 Å². The SMILES string of the molecule is Cc1c(CC(C)O)ccc(N)c1F. The third-order valence-corrected chi connectivity index (χ3v) is 2.04. The zero-order valence-corrected chi connectivity index (χ0v) is 7.84. The van der Waals surface area contributed by atoms with Crippen LogP contribution in [0.5, 0.6) is 0 Å². The van der Waals surface area contributed by atoms with Crippen molar-refractivity contribution in [2.24, 2.45) is 0 Å². The Morgan fingerprint density at radius 2 is 2.15 bits per heavy atom. The van der Waals surface area contributed by atoms with Gasteiger partial charge in [-0.3, -0.25) is 0 Å². The van der Waals surface area contributed by atoms with Gasteiger partial charge in [-0.15, -0.1) is 0 Å². The Bertz CT molecular complexity index is 310. The van der Waals surface area contributed by atoms with Gasteiger partial charge in [-0.05, 0) is 37.5 Å². The van der Waals surface area contributed by atoms with E-state index in [0.29, 0.717) is 12.0 Å². The van der Waals surface area contributed by atoms with Crippen molar-refractivity contribution >= 4 is 5.69 Å². The molecule has 0 fully saturated rings. The summed E-state index contributed by atoms with van der Waals surface area (Å²) in [4.78, 5) is 0. The monoisotopic (exact) mass is 183 g/mol. The average Bonchev–Trinajstić information content (AvgIpc) is 2.06. The average molecular weight is 183 g/mol. The smallest absolute Gasteiger partial charge is 0.149 e. The summed E-state index contributed by atoms with van der Waals surface area (Å²) in [7, 11) is 0. The molecule has 0 saturated carbocycles. The molecule has 3 heteroatoms. The van der Waals surface area contributed by atoms with Crippen molar-refractivity contribution in [3.8, 4) is 0 Å². The Kier molecular flexibility index (Phi) is 2.88. The maximum Gasteiger partial charge on any atom is 0.149 e. The molecule has 0 radical (unpaired) electrons. The molecule has 0 bridgehead atoms. The van der Waals surface area contributed by atoms with E-state index >= 15 is 0 Å². The number of nitrogens with two attached hydrogens (primary N) is 1. The topological polar surface area (TPSA) is 46.2 Å². The van der Waals surface area contributed by atoms with E-state index in [2.05, 4.69) is 0 Å². The molecule has 0 aromatic heterocycles. The first-order chi connectivity index (χ1) is 6.02. The summed E-state index contributed by atoms with van der Waals surface area (Å²) in [6.45, 7) is 3.34. The number of halogens is 1. The lowest BCUT2D eigenvalue weighted by Crippen LogP contribution is -2.07. The molecule has 72 valence electrons. The first kappa shape index (κ1) is 9.99. The molecule has 0 amide bonds. The van der Waals surface area contributed by atoms with Crippen molar-refractivity contribution in [3.05, 3.63) is 29.1 Å². The number of benzene rings is 1. The van der Waals surface area contributed by atoms with E-state index in [9.17, 15) is 4.39 Å². The Morgan fingerprint density at radius 3 is 2.69 bits per heavy atom. The van der Waals surface area contributed by atoms with Crippen LogP contribution in [0.15, 0.2) is 12.1 Å². The van der Waals surface area contributed by atoms with Crippen LogP contribution in [-0.4, -0.2) is 11.2 Å². The largest absolute Gasteiger partial charge is 0.396 e. The van der Waals surface area contributed by atoms with Crippen molar-refractivity contribution in [1.29, 1.82) is 0 Å². The van der Waals surface area contributed by atoms with E-state index in [4.69, 9.17) is 10.8 Å². The van der Waals surface area contributed by atoms with Crippen LogP contribution in [0.3, 0.4) is 0 Å². The Labute approximate surface area is 77.2 Å². The first-order valence-corrected chi connectivity index (χ1v) is 4.24. The normalized spacial score (nSPS) is 12.9. The van der Waals surface area contributed by atoms with E-state index in [1.807, 2.05) is 0 Å². The van der Waals surface area contributed by atoms with Gasteiger partial charge in [0.15, 0.2) is 0 Å². The van der Waals surface area contributed by atoms with Gasteiger partial charge in [-0.2, -0.15) is 0 Å². The number of rotatable bonds is 2. The summed E-state index contributed by atoms with van der Waals surface area (Å²) in [5.41, 5.74) is 6.88. The number of hydrogen-bond acceptors (Lipinski definition) is 2. The molecule has 1 unspecified atom stereocenters. The summed E-state index contributed by atoms with van der Waals surface area (Å²) < 4.78 is 13.2.